The molecule has 1 heterocycles. The fourth-order valence-corrected chi connectivity index (χ4v) is 1.50. The topological polar surface area (TPSA) is 43.8 Å². The molecule has 80 valence electrons. The number of nitrogens with two attached hydrogens (primary N) is 1. The molecule has 1 rings (SSSR count). The number of hydrogen-bond donors (Lipinski definition) is 1. The van der Waals surface area contributed by atoms with Gasteiger partial charge in [0.05, 0.1) is 11.2 Å². The SMILES string of the molecule is CCC(C)C(C)(N)c1cc(C)n(C)n1. The second-order valence-corrected chi connectivity index (χ2v) is 4.39. The van der Waals surface area contributed by atoms with E-state index in [0.717, 1.165) is 17.8 Å². The second kappa shape index (κ2) is 3.73. The summed E-state index contributed by atoms with van der Waals surface area (Å²) in [6.45, 7) is 8.43. The van der Waals surface area contributed by atoms with Gasteiger partial charge in [0.2, 0.25) is 0 Å². The van der Waals surface area contributed by atoms with Crippen molar-refractivity contribution in [1.29, 1.82) is 0 Å². The van der Waals surface area contributed by atoms with Crippen LogP contribution in [0.25, 0.3) is 0 Å². The van der Waals surface area contributed by atoms with E-state index < -0.39 is 0 Å². The first-order valence-corrected chi connectivity index (χ1v) is 5.19. The van der Waals surface area contributed by atoms with Crippen molar-refractivity contribution in [3.05, 3.63) is 17.5 Å². The molecule has 1 aromatic rings. The molecule has 0 saturated heterocycles. The third-order valence-electron chi connectivity index (χ3n) is 3.30. The average Bonchev–Trinajstić information content (AvgIpc) is 2.46. The molecule has 0 spiro atoms. The molecule has 0 aromatic carbocycles. The third-order valence-corrected chi connectivity index (χ3v) is 3.30. The van der Waals surface area contributed by atoms with Gasteiger partial charge in [0, 0.05) is 12.7 Å². The Morgan fingerprint density at radius 1 is 1.64 bits per heavy atom. The summed E-state index contributed by atoms with van der Waals surface area (Å²) in [7, 11) is 1.95. The van der Waals surface area contributed by atoms with Crippen molar-refractivity contribution in [2.45, 2.75) is 39.7 Å². The van der Waals surface area contributed by atoms with Crippen LogP contribution in [-0.2, 0) is 12.6 Å². The fraction of sp³-hybridized carbons (Fsp3) is 0.727. The predicted molar refractivity (Wildman–Crippen MR) is 58.9 cm³/mol. The molecule has 0 aliphatic rings. The van der Waals surface area contributed by atoms with E-state index in [4.69, 9.17) is 5.73 Å². The maximum absolute atomic E-state index is 6.30. The Kier molecular flexibility index (Phi) is 3.00. The van der Waals surface area contributed by atoms with Crippen molar-refractivity contribution >= 4 is 0 Å². The zero-order valence-corrected chi connectivity index (χ0v) is 9.83. The van der Waals surface area contributed by atoms with Crippen LogP contribution >= 0.6 is 0 Å². The molecular formula is C11H21N3. The van der Waals surface area contributed by atoms with Crippen molar-refractivity contribution in [2.24, 2.45) is 18.7 Å². The molecule has 0 radical (unpaired) electrons. The van der Waals surface area contributed by atoms with Gasteiger partial charge in [0.25, 0.3) is 0 Å². The lowest BCUT2D eigenvalue weighted by Crippen LogP contribution is -2.40. The molecule has 0 amide bonds. The predicted octanol–water partition coefficient (Wildman–Crippen LogP) is 1.95. The van der Waals surface area contributed by atoms with Crippen LogP contribution in [0.4, 0.5) is 0 Å². The molecule has 14 heavy (non-hydrogen) atoms. The van der Waals surface area contributed by atoms with E-state index in [-0.39, 0.29) is 5.54 Å². The molecule has 0 bridgehead atoms. The van der Waals surface area contributed by atoms with Gasteiger partial charge < -0.3 is 5.73 Å². The highest BCUT2D eigenvalue weighted by molar-refractivity contribution is 5.17. The van der Waals surface area contributed by atoms with E-state index in [1.165, 1.54) is 0 Å². The Morgan fingerprint density at radius 3 is 2.57 bits per heavy atom. The summed E-state index contributed by atoms with van der Waals surface area (Å²) in [6.07, 6.45) is 1.07. The molecule has 3 heteroatoms. The van der Waals surface area contributed by atoms with E-state index in [1.807, 2.05) is 18.7 Å². The Bertz CT molecular complexity index is 293. The normalized spacial score (nSPS) is 17.9. The molecule has 3 nitrogen and oxygen atoms in total. The van der Waals surface area contributed by atoms with Crippen molar-refractivity contribution in [3.63, 3.8) is 0 Å². The van der Waals surface area contributed by atoms with Crippen molar-refractivity contribution in [1.82, 2.24) is 9.78 Å². The Labute approximate surface area is 86.3 Å². The van der Waals surface area contributed by atoms with Crippen molar-refractivity contribution in [3.8, 4) is 0 Å². The summed E-state index contributed by atoms with van der Waals surface area (Å²) in [4.78, 5) is 0. The maximum Gasteiger partial charge on any atom is 0.0825 e. The van der Waals surface area contributed by atoms with Crippen LogP contribution in [0.5, 0.6) is 0 Å². The van der Waals surface area contributed by atoms with E-state index in [1.54, 1.807) is 0 Å². The first-order valence-electron chi connectivity index (χ1n) is 5.19. The van der Waals surface area contributed by atoms with Crippen LogP contribution in [0.15, 0.2) is 6.07 Å². The molecule has 0 saturated carbocycles. The van der Waals surface area contributed by atoms with Crippen LogP contribution in [-0.4, -0.2) is 9.78 Å². The number of aromatic nitrogens is 2. The highest BCUT2D eigenvalue weighted by Gasteiger charge is 2.30. The lowest BCUT2D eigenvalue weighted by molar-refractivity contribution is 0.306. The van der Waals surface area contributed by atoms with E-state index in [9.17, 15) is 0 Å². The van der Waals surface area contributed by atoms with E-state index in [0.29, 0.717) is 5.92 Å². The lowest BCUT2D eigenvalue weighted by atomic mass is 9.83. The zero-order valence-electron chi connectivity index (χ0n) is 9.83. The Hall–Kier alpha value is -0.830. The van der Waals surface area contributed by atoms with Gasteiger partial charge in [-0.2, -0.15) is 5.10 Å². The van der Waals surface area contributed by atoms with Gasteiger partial charge in [0.15, 0.2) is 0 Å². The minimum absolute atomic E-state index is 0.319. The number of aryl methyl sites for hydroxylation is 2. The Morgan fingerprint density at radius 2 is 2.21 bits per heavy atom. The zero-order chi connectivity index (χ0) is 10.9. The smallest absolute Gasteiger partial charge is 0.0825 e. The summed E-state index contributed by atoms with van der Waals surface area (Å²) in [5.74, 6) is 0.441. The van der Waals surface area contributed by atoms with Crippen molar-refractivity contribution < 1.29 is 0 Å². The second-order valence-electron chi connectivity index (χ2n) is 4.39. The monoisotopic (exact) mass is 195 g/mol. The summed E-state index contributed by atoms with van der Waals surface area (Å²) in [5.41, 5.74) is 8.13. The van der Waals surface area contributed by atoms with Gasteiger partial charge in [-0.05, 0) is 25.8 Å². The number of nitrogens with zero attached hydrogens (tertiary/aromatic N) is 2. The van der Waals surface area contributed by atoms with Gasteiger partial charge >= 0.3 is 0 Å². The number of hydrogen-bond acceptors (Lipinski definition) is 2. The van der Waals surface area contributed by atoms with E-state index >= 15 is 0 Å². The molecule has 2 atom stereocenters. The van der Waals surface area contributed by atoms with Crippen LogP contribution < -0.4 is 5.73 Å². The molecule has 0 aliphatic carbocycles. The summed E-state index contributed by atoms with van der Waals surface area (Å²) in [6, 6.07) is 2.08. The largest absolute Gasteiger partial charge is 0.320 e. The van der Waals surface area contributed by atoms with Gasteiger partial charge in [-0.1, -0.05) is 20.3 Å². The molecular weight excluding hydrogens is 174 g/mol. The third kappa shape index (κ3) is 1.82. The molecule has 2 unspecified atom stereocenters. The van der Waals surface area contributed by atoms with Gasteiger partial charge in [-0.15, -0.1) is 0 Å². The van der Waals surface area contributed by atoms with Gasteiger partial charge in [0.1, 0.15) is 0 Å². The van der Waals surface area contributed by atoms with Gasteiger partial charge in [-0.25, -0.2) is 0 Å². The highest BCUT2D eigenvalue weighted by atomic mass is 15.3. The van der Waals surface area contributed by atoms with E-state index in [2.05, 4.69) is 31.9 Å². The van der Waals surface area contributed by atoms with Crippen LogP contribution in [0.1, 0.15) is 38.6 Å². The van der Waals surface area contributed by atoms with Crippen LogP contribution in [0.3, 0.4) is 0 Å². The van der Waals surface area contributed by atoms with Gasteiger partial charge in [-0.3, -0.25) is 4.68 Å². The highest BCUT2D eigenvalue weighted by Crippen LogP contribution is 2.27. The maximum atomic E-state index is 6.30. The Balaban J connectivity index is 3.03. The van der Waals surface area contributed by atoms with Crippen LogP contribution in [0.2, 0.25) is 0 Å². The standard InChI is InChI=1S/C11H21N3/c1-6-8(2)11(4,12)10-7-9(3)14(5)13-10/h7-8H,6,12H2,1-5H3. The minimum Gasteiger partial charge on any atom is -0.320 e. The van der Waals surface area contributed by atoms with Crippen molar-refractivity contribution in [2.75, 3.05) is 0 Å². The summed E-state index contributed by atoms with van der Waals surface area (Å²) >= 11 is 0. The fourth-order valence-electron chi connectivity index (χ4n) is 1.50. The first kappa shape index (κ1) is 11.2. The number of rotatable bonds is 3. The molecule has 2 N–H and O–H groups in total. The average molecular weight is 195 g/mol. The van der Waals surface area contributed by atoms with Crippen LogP contribution in [0, 0.1) is 12.8 Å². The quantitative estimate of drug-likeness (QED) is 0.801. The summed E-state index contributed by atoms with van der Waals surface area (Å²) in [5, 5.41) is 4.44. The first-order chi connectivity index (χ1) is 6.39. The minimum atomic E-state index is -0.319. The molecule has 0 fully saturated rings. The molecule has 0 aliphatic heterocycles. The molecule has 1 aromatic heterocycles. The lowest BCUT2D eigenvalue weighted by Gasteiger charge is -2.29. The summed E-state index contributed by atoms with van der Waals surface area (Å²) < 4.78 is 1.88.